The molecule has 0 unspecified atom stereocenters. The Labute approximate surface area is 185 Å². The Morgan fingerprint density at radius 2 is 1.94 bits per heavy atom. The van der Waals surface area contributed by atoms with Crippen molar-refractivity contribution in [3.8, 4) is 5.82 Å². The zero-order chi connectivity index (χ0) is 22.4. The molecule has 0 fully saturated rings. The number of aromatic nitrogens is 3. The number of rotatable bonds is 5. The summed E-state index contributed by atoms with van der Waals surface area (Å²) in [4.78, 5) is 30.8. The van der Waals surface area contributed by atoms with Crippen molar-refractivity contribution in [2.45, 2.75) is 40.0 Å². The van der Waals surface area contributed by atoms with E-state index in [1.807, 2.05) is 55.7 Å². The van der Waals surface area contributed by atoms with Crippen LogP contribution in [-0.4, -0.2) is 33.1 Å². The molecule has 3 heterocycles. The smallest absolute Gasteiger partial charge is 0.339 e. The van der Waals surface area contributed by atoms with E-state index in [-0.39, 0.29) is 12.4 Å². The molecule has 7 nitrogen and oxygen atoms in total. The normalized spacial score (nSPS) is 12.8. The molecule has 0 N–H and O–H groups in total. The van der Waals surface area contributed by atoms with Gasteiger partial charge in [-0.05, 0) is 57.7 Å². The maximum Gasteiger partial charge on any atom is 0.339 e. The van der Waals surface area contributed by atoms with E-state index in [4.69, 9.17) is 14.2 Å². The van der Waals surface area contributed by atoms with Crippen molar-refractivity contribution in [1.82, 2.24) is 14.7 Å². The molecule has 0 bridgehead atoms. The van der Waals surface area contributed by atoms with Gasteiger partial charge in [0.1, 0.15) is 5.76 Å². The Kier molecular flexibility index (Phi) is 4.89. The molecule has 1 aliphatic carbocycles. The Bertz CT molecular complexity index is 1380. The number of hydrogen-bond donors (Lipinski definition) is 0. The van der Waals surface area contributed by atoms with Crippen LogP contribution in [0, 0.1) is 20.8 Å². The van der Waals surface area contributed by atoms with Crippen LogP contribution >= 0.6 is 0 Å². The lowest BCUT2D eigenvalue weighted by molar-refractivity contribution is 0.0475. The zero-order valence-electron chi connectivity index (χ0n) is 18.3. The van der Waals surface area contributed by atoms with Crippen LogP contribution in [-0.2, 0) is 17.6 Å². The molecule has 3 aromatic heterocycles. The number of para-hydroxylation sites is 1. The van der Waals surface area contributed by atoms with Gasteiger partial charge in [0.2, 0.25) is 5.78 Å². The minimum absolute atomic E-state index is 0.257. The first-order valence-corrected chi connectivity index (χ1v) is 10.7. The summed E-state index contributed by atoms with van der Waals surface area (Å²) < 4.78 is 12.6. The van der Waals surface area contributed by atoms with E-state index >= 15 is 0 Å². The number of benzene rings is 1. The first-order chi connectivity index (χ1) is 15.4. The number of ether oxygens (including phenoxy) is 1. The van der Waals surface area contributed by atoms with Gasteiger partial charge in [-0.25, -0.2) is 4.79 Å². The van der Waals surface area contributed by atoms with Gasteiger partial charge in [0.25, 0.3) is 0 Å². The molecule has 32 heavy (non-hydrogen) atoms. The summed E-state index contributed by atoms with van der Waals surface area (Å²) in [5.74, 6) is 0.572. The number of fused-ring (bicyclic) bond motifs is 2. The highest BCUT2D eigenvalue weighted by atomic mass is 16.5. The summed E-state index contributed by atoms with van der Waals surface area (Å²) in [6.45, 7) is 5.23. The van der Waals surface area contributed by atoms with Crippen molar-refractivity contribution in [1.29, 1.82) is 0 Å². The highest BCUT2D eigenvalue weighted by Gasteiger charge is 2.26. The van der Waals surface area contributed by atoms with Gasteiger partial charge in [-0.3, -0.25) is 14.3 Å². The predicted molar refractivity (Wildman–Crippen MR) is 118 cm³/mol. The molecule has 5 rings (SSSR count). The Morgan fingerprint density at radius 3 is 2.72 bits per heavy atom. The summed E-state index contributed by atoms with van der Waals surface area (Å²) in [5, 5.41) is 4.81. The SMILES string of the molecule is Cc1cc(-n2c(C)cc(C(=O)COC(=O)c3c4c(nc5ccccc35)CCC4)c2C)no1. The van der Waals surface area contributed by atoms with Crippen LogP contribution in [0.5, 0.6) is 0 Å². The third kappa shape index (κ3) is 3.30. The predicted octanol–water partition coefficient (Wildman–Crippen LogP) is 4.47. The van der Waals surface area contributed by atoms with Crippen LogP contribution in [0.15, 0.2) is 40.9 Å². The van der Waals surface area contributed by atoms with Crippen LogP contribution in [0.3, 0.4) is 0 Å². The molecule has 1 aromatic carbocycles. The van der Waals surface area contributed by atoms with E-state index in [9.17, 15) is 9.59 Å². The monoisotopic (exact) mass is 429 g/mol. The molecular weight excluding hydrogens is 406 g/mol. The molecule has 0 radical (unpaired) electrons. The summed E-state index contributed by atoms with van der Waals surface area (Å²) in [7, 11) is 0. The van der Waals surface area contributed by atoms with E-state index in [0.29, 0.717) is 22.7 Å². The van der Waals surface area contributed by atoms with E-state index in [2.05, 4.69) is 5.16 Å². The number of carbonyl (C=O) groups excluding carboxylic acids is 2. The van der Waals surface area contributed by atoms with Gasteiger partial charge < -0.3 is 9.26 Å². The second kappa shape index (κ2) is 7.75. The molecule has 1 aliphatic rings. The Morgan fingerprint density at radius 1 is 1.12 bits per heavy atom. The lowest BCUT2D eigenvalue weighted by Crippen LogP contribution is -2.17. The van der Waals surface area contributed by atoms with E-state index < -0.39 is 5.97 Å². The van der Waals surface area contributed by atoms with Crippen molar-refractivity contribution in [3.05, 3.63) is 75.9 Å². The van der Waals surface area contributed by atoms with Crippen molar-refractivity contribution in [3.63, 3.8) is 0 Å². The first-order valence-electron chi connectivity index (χ1n) is 10.7. The van der Waals surface area contributed by atoms with Crippen LogP contribution in [0.2, 0.25) is 0 Å². The molecule has 0 atom stereocenters. The molecule has 0 spiro atoms. The molecule has 0 saturated heterocycles. The standard InChI is InChI=1S/C25H23N3O4/c1-14-11-19(16(3)28(14)23-12-15(2)32-27-23)22(29)13-31-25(30)24-17-7-4-5-9-20(17)26-21-10-6-8-18(21)24/h4-5,7,9,11-12H,6,8,10,13H2,1-3H3. The average molecular weight is 429 g/mol. The maximum absolute atomic E-state index is 13.1. The number of Topliss-reactive ketones (excluding diaryl/α,β-unsaturated/α-hetero) is 1. The maximum atomic E-state index is 13.1. The number of nitrogens with zero attached hydrogens (tertiary/aromatic N) is 3. The zero-order valence-corrected chi connectivity index (χ0v) is 18.3. The number of ketones is 1. The van der Waals surface area contributed by atoms with Crippen molar-refractivity contribution < 1.29 is 18.8 Å². The number of pyridine rings is 1. The fourth-order valence-electron chi connectivity index (χ4n) is 4.58. The number of aryl methyl sites for hydroxylation is 3. The van der Waals surface area contributed by atoms with E-state index in [1.165, 1.54) is 0 Å². The van der Waals surface area contributed by atoms with Gasteiger partial charge in [-0.1, -0.05) is 23.4 Å². The number of hydrogen-bond acceptors (Lipinski definition) is 6. The van der Waals surface area contributed by atoms with Crippen LogP contribution in [0.25, 0.3) is 16.7 Å². The molecular formula is C25H23N3O4. The number of carbonyl (C=O) groups is 2. The fourth-order valence-corrected chi connectivity index (χ4v) is 4.58. The highest BCUT2D eigenvalue weighted by Crippen LogP contribution is 2.30. The topological polar surface area (TPSA) is 87.2 Å². The highest BCUT2D eigenvalue weighted by molar-refractivity contribution is 6.06. The van der Waals surface area contributed by atoms with Crippen LogP contribution < -0.4 is 0 Å². The minimum atomic E-state index is -0.476. The van der Waals surface area contributed by atoms with E-state index in [1.54, 1.807) is 6.07 Å². The first kappa shape index (κ1) is 20.2. The van der Waals surface area contributed by atoms with Gasteiger partial charge >= 0.3 is 5.97 Å². The second-order valence-electron chi connectivity index (χ2n) is 8.20. The lowest BCUT2D eigenvalue weighted by Gasteiger charge is -2.12. The van der Waals surface area contributed by atoms with Crippen molar-refractivity contribution in [2.24, 2.45) is 0 Å². The van der Waals surface area contributed by atoms with Crippen molar-refractivity contribution in [2.75, 3.05) is 6.61 Å². The van der Waals surface area contributed by atoms with Gasteiger partial charge in [-0.2, -0.15) is 0 Å². The van der Waals surface area contributed by atoms with Crippen LogP contribution in [0.4, 0.5) is 0 Å². The lowest BCUT2D eigenvalue weighted by atomic mass is 10.0. The van der Waals surface area contributed by atoms with Gasteiger partial charge in [0.15, 0.2) is 12.4 Å². The van der Waals surface area contributed by atoms with Crippen LogP contribution in [0.1, 0.15) is 55.5 Å². The average Bonchev–Trinajstić information content (AvgIpc) is 3.48. The second-order valence-corrected chi connectivity index (χ2v) is 8.20. The minimum Gasteiger partial charge on any atom is -0.454 e. The van der Waals surface area contributed by atoms with Gasteiger partial charge in [0, 0.05) is 34.1 Å². The molecule has 0 amide bonds. The van der Waals surface area contributed by atoms with Gasteiger partial charge in [0.05, 0.1) is 11.1 Å². The Hall–Kier alpha value is -3.74. The summed E-state index contributed by atoms with van der Waals surface area (Å²) >= 11 is 0. The molecule has 0 saturated carbocycles. The molecule has 4 aromatic rings. The third-order valence-corrected chi connectivity index (χ3v) is 6.03. The quantitative estimate of drug-likeness (QED) is 0.344. The fraction of sp³-hybridized carbons (Fsp3) is 0.280. The molecule has 0 aliphatic heterocycles. The van der Waals surface area contributed by atoms with Crippen molar-refractivity contribution >= 4 is 22.7 Å². The summed E-state index contributed by atoms with van der Waals surface area (Å²) in [6, 6.07) is 11.2. The summed E-state index contributed by atoms with van der Waals surface area (Å²) in [5.41, 5.74) is 5.29. The Balaban J connectivity index is 1.41. The van der Waals surface area contributed by atoms with E-state index in [0.717, 1.165) is 52.8 Å². The molecule has 162 valence electrons. The summed E-state index contributed by atoms with van der Waals surface area (Å²) in [6.07, 6.45) is 2.61. The molecule has 7 heteroatoms. The third-order valence-electron chi connectivity index (χ3n) is 6.03. The van der Waals surface area contributed by atoms with Gasteiger partial charge in [-0.15, -0.1) is 0 Å². The number of esters is 1. The largest absolute Gasteiger partial charge is 0.454 e.